The number of carboxylic acids is 1. The number of rotatable bonds is 3. The van der Waals surface area contributed by atoms with Gasteiger partial charge < -0.3 is 10.4 Å². The van der Waals surface area contributed by atoms with E-state index in [2.05, 4.69) is 31.1 Å². The molecule has 0 spiro atoms. The van der Waals surface area contributed by atoms with E-state index in [1.165, 1.54) is 0 Å². The van der Waals surface area contributed by atoms with Crippen molar-refractivity contribution < 1.29 is 9.90 Å². The average Bonchev–Trinajstić information content (AvgIpc) is 2.13. The topological polar surface area (TPSA) is 62.2 Å². The zero-order valence-corrected chi connectivity index (χ0v) is 12.0. The summed E-state index contributed by atoms with van der Waals surface area (Å²) in [5, 5.41) is 12.5. The molecule has 0 saturated carbocycles. The third-order valence-electron chi connectivity index (χ3n) is 3.21. The summed E-state index contributed by atoms with van der Waals surface area (Å²) in [6.45, 7) is 12.0. The van der Waals surface area contributed by atoms with E-state index in [0.29, 0.717) is 5.82 Å². The molecule has 1 atom stereocenters. The normalized spacial score (nSPS) is 13.2. The van der Waals surface area contributed by atoms with Crippen LogP contribution in [0.25, 0.3) is 0 Å². The fraction of sp³-hybridized carbons (Fsp3) is 0.571. The monoisotopic (exact) mass is 250 g/mol. The summed E-state index contributed by atoms with van der Waals surface area (Å²) in [6, 6.07) is 1.92. The number of pyridine rings is 1. The van der Waals surface area contributed by atoms with E-state index in [0.717, 1.165) is 11.3 Å². The molecule has 4 heteroatoms. The Hall–Kier alpha value is -1.58. The van der Waals surface area contributed by atoms with Crippen molar-refractivity contribution >= 4 is 11.8 Å². The molecule has 0 aliphatic heterocycles. The number of nitrogens with one attached hydrogen (secondary N) is 1. The Morgan fingerprint density at radius 2 is 1.94 bits per heavy atom. The number of aromatic nitrogens is 1. The van der Waals surface area contributed by atoms with Crippen molar-refractivity contribution in [2.45, 2.75) is 47.6 Å². The summed E-state index contributed by atoms with van der Waals surface area (Å²) in [4.78, 5) is 15.6. The standard InChI is InChI=1S/C14H22N2O2/c1-8-7-9(2)15-12(11(8)13(17)18)16-10(3)14(4,5)6/h7,10H,1-6H3,(H,15,16)(H,17,18). The minimum atomic E-state index is -0.941. The van der Waals surface area contributed by atoms with E-state index < -0.39 is 5.97 Å². The highest BCUT2D eigenvalue weighted by Gasteiger charge is 2.23. The molecule has 18 heavy (non-hydrogen) atoms. The van der Waals surface area contributed by atoms with E-state index in [1.54, 1.807) is 13.0 Å². The van der Waals surface area contributed by atoms with Crippen molar-refractivity contribution in [3.05, 3.63) is 22.9 Å². The summed E-state index contributed by atoms with van der Waals surface area (Å²) in [7, 11) is 0. The van der Waals surface area contributed by atoms with E-state index in [4.69, 9.17) is 0 Å². The molecular formula is C14H22N2O2. The van der Waals surface area contributed by atoms with Gasteiger partial charge in [0.1, 0.15) is 11.4 Å². The van der Waals surface area contributed by atoms with Gasteiger partial charge in [-0.15, -0.1) is 0 Å². The first-order valence-electron chi connectivity index (χ1n) is 6.11. The summed E-state index contributed by atoms with van der Waals surface area (Å²) >= 11 is 0. The van der Waals surface area contributed by atoms with Gasteiger partial charge in [-0.3, -0.25) is 0 Å². The highest BCUT2D eigenvalue weighted by Crippen LogP contribution is 2.25. The zero-order valence-electron chi connectivity index (χ0n) is 12.0. The SMILES string of the molecule is Cc1cc(C)c(C(=O)O)c(NC(C)C(C)(C)C)n1. The maximum Gasteiger partial charge on any atom is 0.339 e. The van der Waals surface area contributed by atoms with Gasteiger partial charge in [0.05, 0.1) is 0 Å². The highest BCUT2D eigenvalue weighted by atomic mass is 16.4. The molecule has 100 valence electrons. The quantitative estimate of drug-likeness (QED) is 0.864. The maximum absolute atomic E-state index is 11.3. The van der Waals surface area contributed by atoms with Crippen molar-refractivity contribution in [2.24, 2.45) is 5.41 Å². The number of aromatic carboxylic acids is 1. The summed E-state index contributed by atoms with van der Waals surface area (Å²) < 4.78 is 0. The van der Waals surface area contributed by atoms with E-state index >= 15 is 0 Å². The van der Waals surface area contributed by atoms with Gasteiger partial charge in [-0.25, -0.2) is 9.78 Å². The van der Waals surface area contributed by atoms with Gasteiger partial charge in [0.25, 0.3) is 0 Å². The Kier molecular flexibility index (Phi) is 3.99. The third kappa shape index (κ3) is 3.22. The minimum absolute atomic E-state index is 0.0368. The Bertz CT molecular complexity index is 462. The fourth-order valence-corrected chi connectivity index (χ4v) is 1.63. The molecule has 1 rings (SSSR count). The first kappa shape index (κ1) is 14.5. The summed E-state index contributed by atoms with van der Waals surface area (Å²) in [5.41, 5.74) is 1.85. The highest BCUT2D eigenvalue weighted by molar-refractivity contribution is 5.94. The number of anilines is 1. The van der Waals surface area contributed by atoms with Crippen molar-refractivity contribution in [1.29, 1.82) is 0 Å². The number of nitrogens with zero attached hydrogens (tertiary/aromatic N) is 1. The Balaban J connectivity index is 3.19. The van der Waals surface area contributed by atoms with Crippen LogP contribution in [0.15, 0.2) is 6.07 Å². The van der Waals surface area contributed by atoms with Gasteiger partial charge in [-0.1, -0.05) is 20.8 Å². The first-order valence-corrected chi connectivity index (χ1v) is 6.11. The molecule has 2 N–H and O–H groups in total. The van der Waals surface area contributed by atoms with Crippen LogP contribution in [-0.2, 0) is 0 Å². The van der Waals surface area contributed by atoms with Crippen LogP contribution < -0.4 is 5.32 Å². The molecule has 0 fully saturated rings. The van der Waals surface area contributed by atoms with Crippen molar-refractivity contribution in [3.63, 3.8) is 0 Å². The fourth-order valence-electron chi connectivity index (χ4n) is 1.63. The van der Waals surface area contributed by atoms with Gasteiger partial charge in [0, 0.05) is 11.7 Å². The molecule has 0 aromatic carbocycles. The van der Waals surface area contributed by atoms with E-state index in [1.807, 2.05) is 13.8 Å². The number of carboxylic acid groups (broad SMARTS) is 1. The second-order valence-electron chi connectivity index (χ2n) is 5.84. The molecule has 0 aliphatic carbocycles. The lowest BCUT2D eigenvalue weighted by molar-refractivity contribution is 0.0696. The van der Waals surface area contributed by atoms with Gasteiger partial charge in [-0.05, 0) is 37.8 Å². The molecule has 0 bridgehead atoms. The lowest BCUT2D eigenvalue weighted by atomic mass is 9.88. The molecule has 0 amide bonds. The first-order chi connectivity index (χ1) is 8.12. The van der Waals surface area contributed by atoms with Crippen molar-refractivity contribution in [3.8, 4) is 0 Å². The molecule has 0 saturated heterocycles. The van der Waals surface area contributed by atoms with Crippen LogP contribution in [0.1, 0.15) is 49.3 Å². The Morgan fingerprint density at radius 1 is 1.39 bits per heavy atom. The zero-order chi connectivity index (χ0) is 14.1. The van der Waals surface area contributed by atoms with Gasteiger partial charge in [-0.2, -0.15) is 0 Å². The van der Waals surface area contributed by atoms with Crippen LogP contribution in [0.2, 0.25) is 0 Å². The lowest BCUT2D eigenvalue weighted by Crippen LogP contribution is -2.32. The number of carbonyl (C=O) groups is 1. The van der Waals surface area contributed by atoms with Crippen LogP contribution >= 0.6 is 0 Å². The van der Waals surface area contributed by atoms with Crippen molar-refractivity contribution in [2.75, 3.05) is 5.32 Å². The van der Waals surface area contributed by atoms with E-state index in [-0.39, 0.29) is 17.0 Å². The van der Waals surface area contributed by atoms with Crippen LogP contribution in [0.4, 0.5) is 5.82 Å². The number of aryl methyl sites for hydroxylation is 2. The number of hydrogen-bond donors (Lipinski definition) is 2. The second-order valence-corrected chi connectivity index (χ2v) is 5.84. The summed E-state index contributed by atoms with van der Waals surface area (Å²) in [6.07, 6.45) is 0. The van der Waals surface area contributed by atoms with Crippen LogP contribution in [0.5, 0.6) is 0 Å². The largest absolute Gasteiger partial charge is 0.478 e. The molecule has 0 aliphatic rings. The molecule has 1 aromatic rings. The minimum Gasteiger partial charge on any atom is -0.478 e. The molecule has 4 nitrogen and oxygen atoms in total. The predicted molar refractivity (Wildman–Crippen MR) is 73.2 cm³/mol. The molecule has 1 aromatic heterocycles. The Morgan fingerprint density at radius 3 is 2.39 bits per heavy atom. The Labute approximate surface area is 108 Å². The molecule has 1 unspecified atom stereocenters. The molecule has 0 radical (unpaired) electrons. The third-order valence-corrected chi connectivity index (χ3v) is 3.21. The van der Waals surface area contributed by atoms with Crippen LogP contribution in [-0.4, -0.2) is 22.1 Å². The smallest absolute Gasteiger partial charge is 0.339 e. The van der Waals surface area contributed by atoms with Crippen molar-refractivity contribution in [1.82, 2.24) is 4.98 Å². The van der Waals surface area contributed by atoms with Gasteiger partial charge in [0.2, 0.25) is 0 Å². The number of hydrogen-bond acceptors (Lipinski definition) is 3. The molecule has 1 heterocycles. The molecular weight excluding hydrogens is 228 g/mol. The average molecular weight is 250 g/mol. The van der Waals surface area contributed by atoms with E-state index in [9.17, 15) is 9.90 Å². The lowest BCUT2D eigenvalue weighted by Gasteiger charge is -2.29. The van der Waals surface area contributed by atoms with Gasteiger partial charge >= 0.3 is 5.97 Å². The van der Waals surface area contributed by atoms with Gasteiger partial charge in [0.15, 0.2) is 0 Å². The van der Waals surface area contributed by atoms with Crippen LogP contribution in [0.3, 0.4) is 0 Å². The predicted octanol–water partition coefficient (Wildman–Crippen LogP) is 3.24. The maximum atomic E-state index is 11.3. The summed E-state index contributed by atoms with van der Waals surface area (Å²) in [5.74, 6) is -0.481. The van der Waals surface area contributed by atoms with Crippen LogP contribution in [0, 0.1) is 19.3 Å². The second kappa shape index (κ2) is 4.96.